The topological polar surface area (TPSA) is 12.5 Å². The van der Waals surface area contributed by atoms with Crippen molar-refractivity contribution in [1.82, 2.24) is 4.90 Å². The van der Waals surface area contributed by atoms with Gasteiger partial charge in [-0.2, -0.15) is 0 Å². The van der Waals surface area contributed by atoms with E-state index in [9.17, 15) is 0 Å². The van der Waals surface area contributed by atoms with Gasteiger partial charge in [0.15, 0.2) is 0 Å². The Morgan fingerprint density at radius 2 is 2.00 bits per heavy atom. The molecule has 0 spiro atoms. The first-order chi connectivity index (χ1) is 6.68. The van der Waals surface area contributed by atoms with Crippen molar-refractivity contribution in [3.05, 3.63) is 29.8 Å². The van der Waals surface area contributed by atoms with E-state index >= 15 is 0 Å². The highest BCUT2D eigenvalue weighted by molar-refractivity contribution is 5.36. The first-order valence-electron chi connectivity index (χ1n) is 5.09. The molecule has 0 bridgehead atoms. The maximum absolute atomic E-state index is 5.86. The number of rotatable bonds is 1. The molecule has 0 fully saturated rings. The molecule has 1 aromatic rings. The van der Waals surface area contributed by atoms with Crippen molar-refractivity contribution < 1.29 is 4.74 Å². The van der Waals surface area contributed by atoms with E-state index in [1.54, 1.807) is 0 Å². The molecule has 2 atom stereocenters. The van der Waals surface area contributed by atoms with E-state index < -0.39 is 0 Å². The summed E-state index contributed by atoms with van der Waals surface area (Å²) in [6.45, 7) is 2.14. The highest BCUT2D eigenvalue weighted by Crippen LogP contribution is 2.28. The monoisotopic (exact) mass is 191 g/mol. The van der Waals surface area contributed by atoms with Crippen LogP contribution in [0.5, 0.6) is 5.75 Å². The van der Waals surface area contributed by atoms with Gasteiger partial charge in [-0.05, 0) is 39.1 Å². The maximum atomic E-state index is 5.86. The van der Waals surface area contributed by atoms with Crippen molar-refractivity contribution in [1.29, 1.82) is 0 Å². The lowest BCUT2D eigenvalue weighted by Gasteiger charge is -2.35. The Hall–Kier alpha value is -1.02. The van der Waals surface area contributed by atoms with Gasteiger partial charge < -0.3 is 9.64 Å². The van der Waals surface area contributed by atoms with E-state index in [0.29, 0.717) is 6.04 Å². The zero-order valence-electron chi connectivity index (χ0n) is 9.03. The maximum Gasteiger partial charge on any atom is 0.123 e. The number of ether oxygens (including phenoxy) is 1. The van der Waals surface area contributed by atoms with E-state index in [1.165, 1.54) is 5.56 Å². The minimum absolute atomic E-state index is 0.278. The van der Waals surface area contributed by atoms with Gasteiger partial charge in [-0.25, -0.2) is 0 Å². The molecular weight excluding hydrogens is 174 g/mol. The van der Waals surface area contributed by atoms with Crippen molar-refractivity contribution in [2.24, 2.45) is 0 Å². The van der Waals surface area contributed by atoms with Gasteiger partial charge in [0.1, 0.15) is 11.9 Å². The number of hydrogen-bond donors (Lipinski definition) is 0. The molecule has 0 saturated heterocycles. The summed E-state index contributed by atoms with van der Waals surface area (Å²) in [5, 5.41) is 0. The summed E-state index contributed by atoms with van der Waals surface area (Å²) in [4.78, 5) is 2.24. The van der Waals surface area contributed by atoms with Gasteiger partial charge in [-0.1, -0.05) is 18.2 Å². The van der Waals surface area contributed by atoms with Crippen molar-refractivity contribution in [3.8, 4) is 5.75 Å². The van der Waals surface area contributed by atoms with E-state index in [1.807, 2.05) is 6.07 Å². The molecule has 0 N–H and O–H groups in total. The third-order valence-electron chi connectivity index (χ3n) is 2.92. The second-order valence-electron chi connectivity index (χ2n) is 4.17. The van der Waals surface area contributed by atoms with Crippen LogP contribution in [0.2, 0.25) is 0 Å². The average Bonchev–Trinajstić information content (AvgIpc) is 2.16. The molecule has 1 aromatic carbocycles. The number of hydrogen-bond acceptors (Lipinski definition) is 2. The fraction of sp³-hybridized carbons (Fsp3) is 0.500. The van der Waals surface area contributed by atoms with Crippen LogP contribution in [0.1, 0.15) is 12.5 Å². The second-order valence-corrected chi connectivity index (χ2v) is 4.17. The van der Waals surface area contributed by atoms with Gasteiger partial charge in [0.25, 0.3) is 0 Å². The van der Waals surface area contributed by atoms with Crippen LogP contribution >= 0.6 is 0 Å². The molecule has 0 radical (unpaired) electrons. The van der Waals surface area contributed by atoms with Crippen LogP contribution in [-0.2, 0) is 6.42 Å². The normalized spacial score (nSPS) is 25.7. The molecule has 0 unspecified atom stereocenters. The molecule has 0 aromatic heterocycles. The fourth-order valence-corrected chi connectivity index (χ4v) is 2.06. The summed E-state index contributed by atoms with van der Waals surface area (Å²) in [6.07, 6.45) is 1.37. The molecule has 1 aliphatic rings. The number of fused-ring (bicyclic) bond motifs is 1. The lowest BCUT2D eigenvalue weighted by molar-refractivity contribution is 0.0927. The molecule has 0 aliphatic carbocycles. The van der Waals surface area contributed by atoms with E-state index in [-0.39, 0.29) is 6.10 Å². The van der Waals surface area contributed by atoms with Crippen molar-refractivity contribution in [2.75, 3.05) is 14.1 Å². The quantitative estimate of drug-likeness (QED) is 0.672. The summed E-state index contributed by atoms with van der Waals surface area (Å²) in [6, 6.07) is 8.80. The zero-order chi connectivity index (χ0) is 10.1. The van der Waals surface area contributed by atoms with Crippen LogP contribution in [0, 0.1) is 0 Å². The van der Waals surface area contributed by atoms with Gasteiger partial charge >= 0.3 is 0 Å². The largest absolute Gasteiger partial charge is 0.489 e. The molecule has 0 amide bonds. The van der Waals surface area contributed by atoms with Gasteiger partial charge in [0, 0.05) is 6.04 Å². The molecule has 2 rings (SSSR count). The van der Waals surface area contributed by atoms with Crippen LogP contribution in [0.25, 0.3) is 0 Å². The predicted molar refractivity (Wildman–Crippen MR) is 57.7 cm³/mol. The van der Waals surface area contributed by atoms with E-state index in [0.717, 1.165) is 12.2 Å². The number of nitrogens with zero attached hydrogens (tertiary/aromatic N) is 1. The van der Waals surface area contributed by atoms with Gasteiger partial charge in [0.2, 0.25) is 0 Å². The summed E-state index contributed by atoms with van der Waals surface area (Å²) >= 11 is 0. The third kappa shape index (κ3) is 1.62. The van der Waals surface area contributed by atoms with E-state index in [4.69, 9.17) is 4.74 Å². The molecule has 2 heteroatoms. The predicted octanol–water partition coefficient (Wildman–Crippen LogP) is 1.94. The third-order valence-corrected chi connectivity index (χ3v) is 2.92. The average molecular weight is 191 g/mol. The Balaban J connectivity index is 2.27. The Bertz CT molecular complexity index is 322. The zero-order valence-corrected chi connectivity index (χ0v) is 9.03. The van der Waals surface area contributed by atoms with Crippen molar-refractivity contribution in [3.63, 3.8) is 0 Å². The first-order valence-corrected chi connectivity index (χ1v) is 5.09. The lowest BCUT2D eigenvalue weighted by atomic mass is 9.97. The highest BCUT2D eigenvalue weighted by Gasteiger charge is 2.27. The van der Waals surface area contributed by atoms with Crippen LogP contribution in [0.15, 0.2) is 24.3 Å². The minimum atomic E-state index is 0.278. The van der Waals surface area contributed by atoms with Gasteiger partial charge in [0.05, 0.1) is 0 Å². The Morgan fingerprint density at radius 3 is 2.71 bits per heavy atom. The Morgan fingerprint density at radius 1 is 1.29 bits per heavy atom. The standard InChI is InChI=1S/C12H17NO/c1-9-11(13(2)3)8-10-6-4-5-7-12(10)14-9/h4-7,9,11H,8H2,1-3H3/t9-,11+/m0/s1. The highest BCUT2D eigenvalue weighted by atomic mass is 16.5. The summed E-state index contributed by atoms with van der Waals surface area (Å²) < 4.78 is 5.86. The van der Waals surface area contributed by atoms with Crippen LogP contribution < -0.4 is 4.74 Å². The summed E-state index contributed by atoms with van der Waals surface area (Å²) in [7, 11) is 4.22. The molecular formula is C12H17NO. The number of benzene rings is 1. The number of para-hydroxylation sites is 1. The first kappa shape index (κ1) is 9.53. The molecule has 1 heterocycles. The Kier molecular flexibility index (Phi) is 2.46. The lowest BCUT2D eigenvalue weighted by Crippen LogP contribution is -2.44. The van der Waals surface area contributed by atoms with E-state index in [2.05, 4.69) is 44.1 Å². The SMILES string of the molecule is C[C@@H]1Oc2ccccc2C[C@H]1N(C)C. The molecule has 76 valence electrons. The molecule has 2 nitrogen and oxygen atoms in total. The summed E-state index contributed by atoms with van der Waals surface area (Å²) in [5.74, 6) is 1.05. The van der Waals surface area contributed by atoms with Crippen molar-refractivity contribution >= 4 is 0 Å². The molecule has 14 heavy (non-hydrogen) atoms. The van der Waals surface area contributed by atoms with Crippen molar-refractivity contribution in [2.45, 2.75) is 25.5 Å². The van der Waals surface area contributed by atoms with Gasteiger partial charge in [-0.3, -0.25) is 0 Å². The van der Waals surface area contributed by atoms with Gasteiger partial charge in [-0.15, -0.1) is 0 Å². The molecule has 1 aliphatic heterocycles. The fourth-order valence-electron chi connectivity index (χ4n) is 2.06. The summed E-state index contributed by atoms with van der Waals surface area (Å²) in [5.41, 5.74) is 1.32. The number of likely N-dealkylation sites (N-methyl/N-ethyl adjacent to an activating group) is 1. The Labute approximate surface area is 85.5 Å². The molecule has 0 saturated carbocycles. The minimum Gasteiger partial charge on any atom is -0.489 e. The second kappa shape index (κ2) is 3.62. The smallest absolute Gasteiger partial charge is 0.123 e. The van der Waals surface area contributed by atoms with Crippen LogP contribution in [0.4, 0.5) is 0 Å². The van der Waals surface area contributed by atoms with Crippen LogP contribution in [0.3, 0.4) is 0 Å². The van der Waals surface area contributed by atoms with Crippen LogP contribution in [-0.4, -0.2) is 31.1 Å².